The van der Waals surface area contributed by atoms with E-state index >= 15 is 0 Å². The van der Waals surface area contributed by atoms with E-state index in [4.69, 9.17) is 5.73 Å². The molecule has 0 aliphatic carbocycles. The van der Waals surface area contributed by atoms with Gasteiger partial charge in [0, 0.05) is 24.3 Å². The number of carbonyl (C=O) groups excluding carboxylic acids is 1. The van der Waals surface area contributed by atoms with E-state index in [-0.39, 0.29) is 18.0 Å². The molecule has 18 heavy (non-hydrogen) atoms. The highest BCUT2D eigenvalue weighted by Crippen LogP contribution is 2.25. The van der Waals surface area contributed by atoms with Gasteiger partial charge in [-0.1, -0.05) is 0 Å². The maximum absolute atomic E-state index is 12.7. The molecule has 2 unspecified atom stereocenters. The summed E-state index contributed by atoms with van der Waals surface area (Å²) in [5.74, 6) is 0.0707. The molecule has 0 saturated carbocycles. The van der Waals surface area contributed by atoms with Crippen LogP contribution in [-0.4, -0.2) is 39.6 Å². The summed E-state index contributed by atoms with van der Waals surface area (Å²) in [6.07, 6.45) is 3.21. The van der Waals surface area contributed by atoms with E-state index in [2.05, 4.69) is 17.1 Å². The Balaban J connectivity index is 2.31. The molecule has 0 spiro atoms. The number of rotatable bonds is 2. The van der Waals surface area contributed by atoms with Gasteiger partial charge < -0.3 is 10.6 Å². The first-order valence-electron chi connectivity index (χ1n) is 6.60. The highest BCUT2D eigenvalue weighted by atomic mass is 16.2. The third-order valence-corrected chi connectivity index (χ3v) is 3.88. The fourth-order valence-electron chi connectivity index (χ4n) is 2.88. The molecular formula is C13H22N4O. The van der Waals surface area contributed by atoms with Gasteiger partial charge in [0.2, 0.25) is 0 Å². The minimum absolute atomic E-state index is 0.0707. The number of nitrogens with zero attached hydrogens (tertiary/aromatic N) is 2. The average molecular weight is 250 g/mol. The third kappa shape index (κ3) is 2.14. The van der Waals surface area contributed by atoms with Crippen molar-refractivity contribution < 1.29 is 4.79 Å². The Labute approximate surface area is 108 Å². The van der Waals surface area contributed by atoms with Crippen LogP contribution in [0, 0.1) is 13.8 Å². The topological polar surface area (TPSA) is 75.0 Å². The summed E-state index contributed by atoms with van der Waals surface area (Å²) in [5, 5.41) is 6.98. The summed E-state index contributed by atoms with van der Waals surface area (Å²) in [7, 11) is 0. The number of carbonyl (C=O) groups is 1. The minimum Gasteiger partial charge on any atom is -0.332 e. The van der Waals surface area contributed by atoms with Crippen molar-refractivity contribution >= 4 is 5.91 Å². The fourth-order valence-corrected chi connectivity index (χ4v) is 2.88. The molecule has 1 aromatic heterocycles. The highest BCUT2D eigenvalue weighted by molar-refractivity contribution is 5.96. The Morgan fingerprint density at radius 2 is 2.22 bits per heavy atom. The molecule has 0 bridgehead atoms. The van der Waals surface area contributed by atoms with Crippen molar-refractivity contribution in [1.82, 2.24) is 15.1 Å². The molecule has 1 amide bonds. The van der Waals surface area contributed by atoms with Gasteiger partial charge in [0.25, 0.3) is 5.91 Å². The zero-order chi connectivity index (χ0) is 13.3. The Hall–Kier alpha value is -1.36. The van der Waals surface area contributed by atoms with Gasteiger partial charge in [-0.15, -0.1) is 0 Å². The molecule has 0 aromatic carbocycles. The van der Waals surface area contributed by atoms with Crippen LogP contribution in [-0.2, 0) is 0 Å². The van der Waals surface area contributed by atoms with Crippen molar-refractivity contribution in [2.45, 2.75) is 52.1 Å². The van der Waals surface area contributed by atoms with Crippen LogP contribution < -0.4 is 5.73 Å². The maximum atomic E-state index is 12.7. The Kier molecular flexibility index (Phi) is 3.71. The number of hydrogen-bond acceptors (Lipinski definition) is 3. The lowest BCUT2D eigenvalue weighted by molar-refractivity contribution is 0.0492. The van der Waals surface area contributed by atoms with Crippen molar-refractivity contribution in [3.8, 4) is 0 Å². The predicted molar refractivity (Wildman–Crippen MR) is 70.4 cm³/mol. The number of aromatic nitrogens is 2. The van der Waals surface area contributed by atoms with Crippen LogP contribution in [0.4, 0.5) is 0 Å². The SMILES string of the molecule is Cc1n[nH]c(C)c1C(=O)N1C(C)CCCC1CN. The van der Waals surface area contributed by atoms with Crippen molar-refractivity contribution in [3.63, 3.8) is 0 Å². The number of nitrogens with one attached hydrogen (secondary N) is 1. The number of nitrogens with two attached hydrogens (primary N) is 1. The molecule has 1 aliphatic rings. The molecule has 1 aromatic rings. The number of aryl methyl sites for hydroxylation is 2. The van der Waals surface area contributed by atoms with Crippen molar-refractivity contribution in [1.29, 1.82) is 0 Å². The minimum atomic E-state index is 0.0707. The standard InChI is InChI=1S/C13H22N4O/c1-8-5-4-6-11(7-14)17(8)13(18)12-9(2)15-16-10(12)3/h8,11H,4-7,14H2,1-3H3,(H,15,16). The molecule has 100 valence electrons. The third-order valence-electron chi connectivity index (χ3n) is 3.88. The molecule has 1 aliphatic heterocycles. The Morgan fingerprint density at radius 3 is 2.78 bits per heavy atom. The van der Waals surface area contributed by atoms with Crippen LogP contribution >= 0.6 is 0 Å². The number of amides is 1. The largest absolute Gasteiger partial charge is 0.332 e. The molecule has 5 heteroatoms. The second kappa shape index (κ2) is 5.10. The zero-order valence-corrected chi connectivity index (χ0v) is 11.4. The molecule has 0 radical (unpaired) electrons. The molecule has 2 heterocycles. The number of likely N-dealkylation sites (tertiary alicyclic amines) is 1. The predicted octanol–water partition coefficient (Wildman–Crippen LogP) is 1.37. The maximum Gasteiger partial charge on any atom is 0.258 e. The quantitative estimate of drug-likeness (QED) is 0.832. The monoisotopic (exact) mass is 250 g/mol. The lowest BCUT2D eigenvalue weighted by Crippen LogP contribution is -2.52. The first-order valence-corrected chi connectivity index (χ1v) is 6.60. The van der Waals surface area contributed by atoms with E-state index in [0.717, 1.165) is 30.7 Å². The van der Waals surface area contributed by atoms with Crippen molar-refractivity contribution in [2.24, 2.45) is 5.73 Å². The molecule has 1 saturated heterocycles. The molecule has 3 N–H and O–H groups in total. The highest BCUT2D eigenvalue weighted by Gasteiger charge is 2.33. The summed E-state index contributed by atoms with van der Waals surface area (Å²) < 4.78 is 0. The first kappa shape index (κ1) is 13.1. The van der Waals surface area contributed by atoms with Crippen molar-refractivity contribution in [3.05, 3.63) is 17.0 Å². The Bertz CT molecular complexity index is 421. The smallest absolute Gasteiger partial charge is 0.258 e. The Morgan fingerprint density at radius 1 is 1.50 bits per heavy atom. The zero-order valence-electron chi connectivity index (χ0n) is 11.4. The van der Waals surface area contributed by atoms with E-state index in [0.29, 0.717) is 12.1 Å². The van der Waals surface area contributed by atoms with E-state index in [1.807, 2.05) is 18.7 Å². The summed E-state index contributed by atoms with van der Waals surface area (Å²) in [6.45, 7) is 6.39. The van der Waals surface area contributed by atoms with Crippen LogP contribution in [0.1, 0.15) is 47.9 Å². The lowest BCUT2D eigenvalue weighted by atomic mass is 9.95. The lowest BCUT2D eigenvalue weighted by Gasteiger charge is -2.40. The summed E-state index contributed by atoms with van der Waals surface area (Å²) in [4.78, 5) is 14.6. The van der Waals surface area contributed by atoms with E-state index in [1.54, 1.807) is 0 Å². The molecule has 5 nitrogen and oxygen atoms in total. The van der Waals surface area contributed by atoms with Crippen LogP contribution in [0.3, 0.4) is 0 Å². The van der Waals surface area contributed by atoms with Crippen LogP contribution in [0.15, 0.2) is 0 Å². The van der Waals surface area contributed by atoms with Crippen molar-refractivity contribution in [2.75, 3.05) is 6.54 Å². The fraction of sp³-hybridized carbons (Fsp3) is 0.692. The molecule has 2 atom stereocenters. The number of H-pyrrole nitrogens is 1. The number of piperidine rings is 1. The van der Waals surface area contributed by atoms with Crippen LogP contribution in [0.5, 0.6) is 0 Å². The van der Waals surface area contributed by atoms with Gasteiger partial charge >= 0.3 is 0 Å². The van der Waals surface area contributed by atoms with Gasteiger partial charge in [-0.05, 0) is 40.0 Å². The van der Waals surface area contributed by atoms with Gasteiger partial charge in [0.1, 0.15) is 0 Å². The molecule has 2 rings (SSSR count). The molecular weight excluding hydrogens is 228 g/mol. The first-order chi connectivity index (χ1) is 8.56. The van der Waals surface area contributed by atoms with Gasteiger partial charge in [-0.2, -0.15) is 5.10 Å². The summed E-state index contributed by atoms with van der Waals surface area (Å²) in [5.41, 5.74) is 8.12. The second-order valence-corrected chi connectivity index (χ2v) is 5.19. The normalized spacial score (nSPS) is 24.3. The molecule has 1 fully saturated rings. The van der Waals surface area contributed by atoms with Gasteiger partial charge in [0.05, 0.1) is 11.3 Å². The summed E-state index contributed by atoms with van der Waals surface area (Å²) >= 11 is 0. The number of hydrogen-bond donors (Lipinski definition) is 2. The summed E-state index contributed by atoms with van der Waals surface area (Å²) in [6, 6.07) is 0.420. The van der Waals surface area contributed by atoms with E-state index < -0.39 is 0 Å². The van der Waals surface area contributed by atoms with Crippen LogP contribution in [0.25, 0.3) is 0 Å². The van der Waals surface area contributed by atoms with Gasteiger partial charge in [-0.3, -0.25) is 9.89 Å². The second-order valence-electron chi connectivity index (χ2n) is 5.19. The van der Waals surface area contributed by atoms with Crippen LogP contribution in [0.2, 0.25) is 0 Å². The number of aromatic amines is 1. The average Bonchev–Trinajstić information content (AvgIpc) is 2.68. The van der Waals surface area contributed by atoms with Gasteiger partial charge in [0.15, 0.2) is 0 Å². The van der Waals surface area contributed by atoms with E-state index in [1.165, 1.54) is 0 Å². The van der Waals surface area contributed by atoms with Gasteiger partial charge in [-0.25, -0.2) is 0 Å². The van der Waals surface area contributed by atoms with E-state index in [9.17, 15) is 4.79 Å².